The summed E-state index contributed by atoms with van der Waals surface area (Å²) in [4.78, 5) is 37.1. The summed E-state index contributed by atoms with van der Waals surface area (Å²) in [6.45, 7) is 3.79. The average molecular weight is 588 g/mol. The molecule has 0 bridgehead atoms. The van der Waals surface area contributed by atoms with Crippen molar-refractivity contribution >= 4 is 28.9 Å². The van der Waals surface area contributed by atoms with Crippen LogP contribution in [-0.2, 0) is 11.3 Å². The lowest BCUT2D eigenvalue weighted by Crippen LogP contribution is -2.47. The van der Waals surface area contributed by atoms with Gasteiger partial charge in [-0.15, -0.1) is 5.43 Å². The van der Waals surface area contributed by atoms with Crippen LogP contribution in [-0.4, -0.2) is 60.0 Å². The normalized spacial score (nSPS) is 22.1. The number of carbonyl (C=O) groups is 1. The van der Waals surface area contributed by atoms with Gasteiger partial charge in [0.1, 0.15) is 16.7 Å². The van der Waals surface area contributed by atoms with Crippen LogP contribution in [0, 0.1) is 4.91 Å². The standard InChI is InChI=1S/C32H36ClN6O3/c1-20-36-39(41)32-28(18-30(40)37-14-12-22(13-15-37)24-5-3-4-21(16-24)19-34)35-31(23-6-8-25(33)9-7-23)27-17-26(42-2)10-11-29(27)38(20)32/h3-11,16-17,20,22,28,32H,12-15,18-19,34H2,1-2H3,(H,36,41)/q+1. The Hall–Kier alpha value is -3.95. The number of hydrogen-bond acceptors (Lipinski definition) is 6. The monoisotopic (exact) mass is 587 g/mol. The van der Waals surface area contributed by atoms with Crippen LogP contribution in [0.3, 0.4) is 0 Å². The Morgan fingerprint density at radius 1 is 1.12 bits per heavy atom. The highest BCUT2D eigenvalue weighted by atomic mass is 35.5. The average Bonchev–Trinajstić information content (AvgIpc) is 3.23. The molecule has 9 nitrogen and oxygen atoms in total. The first-order chi connectivity index (χ1) is 20.4. The Bertz CT molecular complexity index is 1520. The number of nitroso groups, excluding NO2 is 1. The van der Waals surface area contributed by atoms with Gasteiger partial charge in [0.05, 0.1) is 29.8 Å². The number of fused-ring (bicyclic) bond motifs is 3. The Balaban J connectivity index is 1.31. The van der Waals surface area contributed by atoms with Crippen molar-refractivity contribution < 1.29 is 14.4 Å². The number of amides is 1. The molecule has 42 heavy (non-hydrogen) atoms. The highest BCUT2D eigenvalue weighted by Crippen LogP contribution is 2.38. The van der Waals surface area contributed by atoms with Gasteiger partial charge in [0.25, 0.3) is 0 Å². The third-order valence-corrected chi connectivity index (χ3v) is 8.89. The number of nitrogens with two attached hydrogens (primary N) is 1. The SMILES string of the molecule is COc1ccc2c(c1)C(c1ccc(Cl)cc1)=NC(CC(=O)N1CCC(c3cccc(CN)c3)CC1)C1N2C(C)N[N+]1=O. The number of carbonyl (C=O) groups excluding carboxylic acids is 1. The molecule has 3 aliphatic heterocycles. The zero-order valence-electron chi connectivity index (χ0n) is 23.9. The second-order valence-corrected chi connectivity index (χ2v) is 11.6. The molecule has 3 aromatic rings. The molecule has 3 unspecified atom stereocenters. The second kappa shape index (κ2) is 11.7. The lowest BCUT2D eigenvalue weighted by atomic mass is 9.88. The van der Waals surface area contributed by atoms with E-state index < -0.39 is 12.2 Å². The van der Waals surface area contributed by atoms with Crippen molar-refractivity contribution in [3.05, 3.63) is 98.9 Å². The summed E-state index contributed by atoms with van der Waals surface area (Å²) in [5.41, 5.74) is 14.5. The number of aliphatic imine (C=N–C) groups is 1. The molecule has 1 amide bonds. The second-order valence-electron chi connectivity index (χ2n) is 11.2. The fourth-order valence-electron chi connectivity index (χ4n) is 6.45. The molecule has 2 saturated heterocycles. The fourth-order valence-corrected chi connectivity index (χ4v) is 6.58. The maximum atomic E-state index is 13.8. The van der Waals surface area contributed by atoms with Gasteiger partial charge in [-0.05, 0) is 67.1 Å². The summed E-state index contributed by atoms with van der Waals surface area (Å²) in [5, 5.41) is 0.618. The minimum atomic E-state index is -0.697. The van der Waals surface area contributed by atoms with Crippen LogP contribution in [0.4, 0.5) is 5.69 Å². The Labute approximate surface area is 250 Å². The van der Waals surface area contributed by atoms with Crippen LogP contribution in [0.25, 0.3) is 0 Å². The molecule has 0 saturated carbocycles. The van der Waals surface area contributed by atoms with Crippen LogP contribution in [0.5, 0.6) is 5.75 Å². The fraction of sp³-hybridized carbons (Fsp3) is 0.375. The number of anilines is 1. The largest absolute Gasteiger partial charge is 0.497 e. The number of rotatable bonds is 6. The molecule has 0 aromatic heterocycles. The van der Waals surface area contributed by atoms with Crippen LogP contribution in [0.2, 0.25) is 5.02 Å². The molecule has 3 aliphatic rings. The third kappa shape index (κ3) is 5.34. The predicted molar refractivity (Wildman–Crippen MR) is 164 cm³/mol. The lowest BCUT2D eigenvalue weighted by molar-refractivity contribution is -0.622. The molecule has 3 heterocycles. The van der Waals surface area contributed by atoms with Gasteiger partial charge in [0.15, 0.2) is 6.17 Å². The van der Waals surface area contributed by atoms with Crippen molar-refractivity contribution in [2.24, 2.45) is 10.7 Å². The van der Waals surface area contributed by atoms with Gasteiger partial charge >= 0.3 is 6.17 Å². The quantitative estimate of drug-likeness (QED) is 0.409. The molecule has 10 heteroatoms. The van der Waals surface area contributed by atoms with Gasteiger partial charge in [-0.25, -0.2) is 0 Å². The van der Waals surface area contributed by atoms with E-state index >= 15 is 0 Å². The Kier molecular flexibility index (Phi) is 7.88. The number of hydrogen-bond donors (Lipinski definition) is 2. The van der Waals surface area contributed by atoms with Crippen molar-refractivity contribution in [2.75, 3.05) is 25.1 Å². The topological polar surface area (TPSA) is 103 Å². The zero-order valence-corrected chi connectivity index (χ0v) is 24.6. The van der Waals surface area contributed by atoms with Gasteiger partial charge < -0.3 is 15.4 Å². The molecular weight excluding hydrogens is 552 g/mol. The predicted octanol–water partition coefficient (Wildman–Crippen LogP) is 4.60. The van der Waals surface area contributed by atoms with Crippen LogP contribution in [0.15, 0.2) is 71.7 Å². The van der Waals surface area contributed by atoms with Crippen molar-refractivity contribution in [3.63, 3.8) is 0 Å². The van der Waals surface area contributed by atoms with Crippen molar-refractivity contribution in [1.82, 2.24) is 10.3 Å². The summed E-state index contributed by atoms with van der Waals surface area (Å²) in [5.74, 6) is 1.08. The van der Waals surface area contributed by atoms with E-state index in [1.165, 1.54) is 5.56 Å². The summed E-state index contributed by atoms with van der Waals surface area (Å²) in [6.07, 6.45) is 0.895. The highest BCUT2D eigenvalue weighted by Gasteiger charge is 2.53. The maximum absolute atomic E-state index is 13.8. The number of benzene rings is 3. The first kappa shape index (κ1) is 28.2. The first-order valence-electron chi connectivity index (χ1n) is 14.5. The molecule has 3 N–H and O–H groups in total. The number of nitrogens with one attached hydrogen (secondary N) is 1. The molecule has 0 spiro atoms. The Morgan fingerprint density at radius 2 is 1.88 bits per heavy atom. The molecule has 0 aliphatic carbocycles. The summed E-state index contributed by atoms with van der Waals surface area (Å²) >= 11 is 6.21. The summed E-state index contributed by atoms with van der Waals surface area (Å²) in [6, 6.07) is 21.1. The van der Waals surface area contributed by atoms with Gasteiger partial charge in [0.2, 0.25) is 5.91 Å². The van der Waals surface area contributed by atoms with E-state index in [0.29, 0.717) is 42.0 Å². The number of methoxy groups -OCH3 is 1. The van der Waals surface area contributed by atoms with Gasteiger partial charge in [-0.3, -0.25) is 14.7 Å². The van der Waals surface area contributed by atoms with Crippen LogP contribution in [0.1, 0.15) is 54.4 Å². The van der Waals surface area contributed by atoms with Crippen molar-refractivity contribution in [2.45, 2.75) is 57.0 Å². The minimum Gasteiger partial charge on any atom is -0.497 e. The van der Waals surface area contributed by atoms with E-state index in [0.717, 1.165) is 40.1 Å². The minimum absolute atomic E-state index is 0.00445. The molecular formula is C32H36ClN6O3+. The molecule has 6 rings (SSSR count). The van der Waals surface area contributed by atoms with Crippen molar-refractivity contribution in [3.8, 4) is 5.75 Å². The smallest absolute Gasteiger partial charge is 0.333 e. The first-order valence-corrected chi connectivity index (χ1v) is 14.8. The van der Waals surface area contributed by atoms with E-state index in [4.69, 9.17) is 27.1 Å². The number of hydrazine groups is 1. The van der Waals surface area contributed by atoms with Crippen LogP contribution >= 0.6 is 11.6 Å². The van der Waals surface area contributed by atoms with Gasteiger partial charge in [-0.1, -0.05) is 48.0 Å². The van der Waals surface area contributed by atoms with E-state index in [9.17, 15) is 9.70 Å². The number of halogens is 1. The molecule has 218 valence electrons. The van der Waals surface area contributed by atoms with Gasteiger partial charge in [0, 0.05) is 35.8 Å². The van der Waals surface area contributed by atoms with E-state index in [1.807, 2.05) is 65.3 Å². The van der Waals surface area contributed by atoms with Gasteiger partial charge in [-0.2, -0.15) is 0 Å². The molecule has 3 aromatic carbocycles. The summed E-state index contributed by atoms with van der Waals surface area (Å²) < 4.78 is 5.56. The van der Waals surface area contributed by atoms with E-state index in [1.54, 1.807) is 7.11 Å². The summed E-state index contributed by atoms with van der Waals surface area (Å²) in [7, 11) is 1.62. The van der Waals surface area contributed by atoms with E-state index in [-0.39, 0.29) is 18.5 Å². The van der Waals surface area contributed by atoms with Crippen LogP contribution < -0.4 is 20.8 Å². The van der Waals surface area contributed by atoms with E-state index in [2.05, 4.69) is 23.6 Å². The maximum Gasteiger partial charge on any atom is 0.333 e. The number of piperidine rings is 1. The third-order valence-electron chi connectivity index (χ3n) is 8.64. The Morgan fingerprint density at radius 3 is 2.60 bits per heavy atom. The number of likely N-dealkylation sites (tertiary alicyclic amines) is 1. The molecule has 3 atom stereocenters. The lowest BCUT2D eigenvalue weighted by Gasteiger charge is -2.33. The number of nitrogens with zero attached hydrogens (tertiary/aromatic N) is 4. The molecule has 0 radical (unpaired) electrons. The number of ether oxygens (including phenoxy) is 1. The molecule has 2 fully saturated rings. The zero-order chi connectivity index (χ0) is 29.4. The highest BCUT2D eigenvalue weighted by molar-refractivity contribution is 6.30. The van der Waals surface area contributed by atoms with Crippen molar-refractivity contribution in [1.29, 1.82) is 0 Å².